The standard InChI is InChI=1S/C16H23ClO2S/c1-4-19-15(18)16(2,3)11-7-10-14(20)12-8-5-6-9-13(12)17/h5-6,8-9,14,20H,4,7,10-11H2,1-3H3. The van der Waals surface area contributed by atoms with Gasteiger partial charge in [0.1, 0.15) is 0 Å². The fourth-order valence-electron chi connectivity index (χ4n) is 2.07. The van der Waals surface area contributed by atoms with Crippen LogP contribution in [0.3, 0.4) is 0 Å². The molecule has 0 aromatic heterocycles. The molecule has 0 radical (unpaired) electrons. The van der Waals surface area contributed by atoms with Crippen molar-refractivity contribution in [1.82, 2.24) is 0 Å². The van der Waals surface area contributed by atoms with Crippen molar-refractivity contribution in [3.05, 3.63) is 34.9 Å². The Morgan fingerprint density at radius 1 is 1.40 bits per heavy atom. The summed E-state index contributed by atoms with van der Waals surface area (Å²) in [6.45, 7) is 6.11. The van der Waals surface area contributed by atoms with Gasteiger partial charge in [-0.05, 0) is 45.2 Å². The molecule has 0 saturated heterocycles. The predicted octanol–water partition coefficient (Wildman–Crippen LogP) is 5.07. The molecule has 1 atom stereocenters. The maximum absolute atomic E-state index is 11.8. The molecule has 1 rings (SSSR count). The molecule has 20 heavy (non-hydrogen) atoms. The molecule has 0 bridgehead atoms. The molecule has 1 unspecified atom stereocenters. The van der Waals surface area contributed by atoms with Crippen LogP contribution in [-0.4, -0.2) is 12.6 Å². The highest BCUT2D eigenvalue weighted by atomic mass is 35.5. The maximum Gasteiger partial charge on any atom is 0.311 e. The van der Waals surface area contributed by atoms with E-state index >= 15 is 0 Å². The maximum atomic E-state index is 11.8. The molecular weight excluding hydrogens is 292 g/mol. The first-order valence-electron chi connectivity index (χ1n) is 6.98. The highest BCUT2D eigenvalue weighted by Gasteiger charge is 2.28. The smallest absolute Gasteiger partial charge is 0.311 e. The highest BCUT2D eigenvalue weighted by molar-refractivity contribution is 7.80. The Morgan fingerprint density at radius 2 is 2.05 bits per heavy atom. The van der Waals surface area contributed by atoms with Gasteiger partial charge in [-0.1, -0.05) is 36.2 Å². The first-order chi connectivity index (χ1) is 9.38. The molecule has 0 N–H and O–H groups in total. The van der Waals surface area contributed by atoms with Gasteiger partial charge in [0.2, 0.25) is 0 Å². The number of carbonyl (C=O) groups is 1. The number of hydrogen-bond donors (Lipinski definition) is 1. The lowest BCUT2D eigenvalue weighted by atomic mass is 9.86. The second-order valence-corrected chi connectivity index (χ2v) is 6.56. The van der Waals surface area contributed by atoms with Crippen molar-refractivity contribution in [2.45, 2.75) is 45.3 Å². The van der Waals surface area contributed by atoms with Gasteiger partial charge in [-0.2, -0.15) is 12.6 Å². The number of carbonyl (C=O) groups excluding carboxylic acids is 1. The predicted molar refractivity (Wildman–Crippen MR) is 87.4 cm³/mol. The van der Waals surface area contributed by atoms with Gasteiger partial charge in [0.15, 0.2) is 0 Å². The summed E-state index contributed by atoms with van der Waals surface area (Å²) in [4.78, 5) is 11.8. The molecule has 0 saturated carbocycles. The van der Waals surface area contributed by atoms with Crippen LogP contribution in [0, 0.1) is 5.41 Å². The third kappa shape index (κ3) is 5.02. The molecule has 0 aliphatic rings. The van der Waals surface area contributed by atoms with Crippen LogP contribution < -0.4 is 0 Å². The largest absolute Gasteiger partial charge is 0.466 e. The summed E-state index contributed by atoms with van der Waals surface area (Å²) in [5.41, 5.74) is 0.607. The van der Waals surface area contributed by atoms with Crippen LogP contribution in [-0.2, 0) is 9.53 Å². The van der Waals surface area contributed by atoms with E-state index in [-0.39, 0.29) is 11.2 Å². The number of hydrogen-bond acceptors (Lipinski definition) is 3. The number of rotatable bonds is 7. The van der Waals surface area contributed by atoms with Crippen molar-refractivity contribution in [3.8, 4) is 0 Å². The minimum atomic E-state index is -0.440. The van der Waals surface area contributed by atoms with Gasteiger partial charge in [-0.25, -0.2) is 0 Å². The summed E-state index contributed by atoms with van der Waals surface area (Å²) in [7, 11) is 0. The van der Waals surface area contributed by atoms with E-state index in [0.29, 0.717) is 6.61 Å². The second-order valence-electron chi connectivity index (χ2n) is 5.53. The molecule has 4 heteroatoms. The summed E-state index contributed by atoms with van der Waals surface area (Å²) in [5.74, 6) is -0.131. The normalized spacial score (nSPS) is 13.1. The van der Waals surface area contributed by atoms with Crippen LogP contribution in [0.15, 0.2) is 24.3 Å². The van der Waals surface area contributed by atoms with Crippen molar-refractivity contribution < 1.29 is 9.53 Å². The van der Waals surface area contributed by atoms with E-state index in [2.05, 4.69) is 12.6 Å². The molecule has 1 aromatic rings. The Balaban J connectivity index is 2.48. The monoisotopic (exact) mass is 314 g/mol. The van der Waals surface area contributed by atoms with Gasteiger partial charge in [-0.15, -0.1) is 0 Å². The van der Waals surface area contributed by atoms with Crippen LogP contribution in [0.1, 0.15) is 50.8 Å². The quantitative estimate of drug-likeness (QED) is 0.561. The Kier molecular flexibility index (Phi) is 6.90. The first kappa shape index (κ1) is 17.4. The molecule has 0 heterocycles. The van der Waals surface area contributed by atoms with Crippen LogP contribution >= 0.6 is 24.2 Å². The van der Waals surface area contributed by atoms with Crippen LogP contribution in [0.25, 0.3) is 0 Å². The van der Waals surface area contributed by atoms with E-state index in [9.17, 15) is 4.79 Å². The summed E-state index contributed by atoms with van der Waals surface area (Å²) >= 11 is 10.8. The highest BCUT2D eigenvalue weighted by Crippen LogP contribution is 2.33. The van der Waals surface area contributed by atoms with Crippen LogP contribution in [0.5, 0.6) is 0 Å². The molecule has 2 nitrogen and oxygen atoms in total. The second kappa shape index (κ2) is 7.94. The minimum absolute atomic E-state index is 0.0988. The van der Waals surface area contributed by atoms with Gasteiger partial charge >= 0.3 is 5.97 Å². The van der Waals surface area contributed by atoms with Gasteiger partial charge in [0, 0.05) is 10.3 Å². The van der Waals surface area contributed by atoms with Gasteiger partial charge in [0.25, 0.3) is 0 Å². The minimum Gasteiger partial charge on any atom is -0.466 e. The lowest BCUT2D eigenvalue weighted by Gasteiger charge is -2.23. The van der Waals surface area contributed by atoms with E-state index in [0.717, 1.165) is 29.8 Å². The fraction of sp³-hybridized carbons (Fsp3) is 0.562. The molecule has 0 aliphatic heterocycles. The van der Waals surface area contributed by atoms with Gasteiger partial charge in [-0.3, -0.25) is 4.79 Å². The lowest BCUT2D eigenvalue weighted by molar-refractivity contribution is -0.153. The van der Waals surface area contributed by atoms with E-state index in [1.807, 2.05) is 45.0 Å². The SMILES string of the molecule is CCOC(=O)C(C)(C)CCCC(S)c1ccccc1Cl. The summed E-state index contributed by atoms with van der Waals surface area (Å²) < 4.78 is 5.09. The third-order valence-corrected chi connectivity index (χ3v) is 4.25. The van der Waals surface area contributed by atoms with Crippen molar-refractivity contribution >= 4 is 30.2 Å². The molecular formula is C16H23ClO2S. The van der Waals surface area contributed by atoms with E-state index in [1.54, 1.807) is 0 Å². The molecule has 0 amide bonds. The van der Waals surface area contributed by atoms with E-state index < -0.39 is 5.41 Å². The van der Waals surface area contributed by atoms with Crippen molar-refractivity contribution in [1.29, 1.82) is 0 Å². The zero-order valence-electron chi connectivity index (χ0n) is 12.4. The van der Waals surface area contributed by atoms with Gasteiger partial charge < -0.3 is 4.74 Å². The van der Waals surface area contributed by atoms with Crippen LogP contribution in [0.2, 0.25) is 5.02 Å². The Bertz CT molecular complexity index is 446. The molecule has 0 fully saturated rings. The zero-order valence-corrected chi connectivity index (χ0v) is 14.0. The molecule has 1 aromatic carbocycles. The number of ether oxygens (including phenoxy) is 1. The summed E-state index contributed by atoms with van der Waals surface area (Å²) in [5, 5.41) is 0.846. The third-order valence-electron chi connectivity index (χ3n) is 3.37. The molecule has 0 spiro atoms. The van der Waals surface area contributed by atoms with E-state index in [4.69, 9.17) is 16.3 Å². The lowest BCUT2D eigenvalue weighted by Crippen LogP contribution is -2.26. The number of benzene rings is 1. The van der Waals surface area contributed by atoms with Crippen molar-refractivity contribution in [3.63, 3.8) is 0 Å². The number of thiol groups is 1. The average Bonchev–Trinajstić information content (AvgIpc) is 2.39. The Hall–Kier alpha value is -0.670. The number of halogens is 1. The van der Waals surface area contributed by atoms with E-state index in [1.165, 1.54) is 0 Å². The first-order valence-corrected chi connectivity index (χ1v) is 7.87. The fourth-order valence-corrected chi connectivity index (χ4v) is 2.82. The van der Waals surface area contributed by atoms with Gasteiger partial charge in [0.05, 0.1) is 12.0 Å². The average molecular weight is 315 g/mol. The Morgan fingerprint density at radius 3 is 2.65 bits per heavy atom. The zero-order chi connectivity index (χ0) is 15.2. The summed E-state index contributed by atoms with van der Waals surface area (Å²) in [6, 6.07) is 7.75. The summed E-state index contributed by atoms with van der Waals surface area (Å²) in [6.07, 6.45) is 2.58. The molecule has 0 aliphatic carbocycles. The van der Waals surface area contributed by atoms with Crippen molar-refractivity contribution in [2.75, 3.05) is 6.61 Å². The van der Waals surface area contributed by atoms with Crippen LogP contribution in [0.4, 0.5) is 0 Å². The number of esters is 1. The van der Waals surface area contributed by atoms with Crippen molar-refractivity contribution in [2.24, 2.45) is 5.41 Å². The molecule has 112 valence electrons. The Labute approximate surface area is 132 Å². The topological polar surface area (TPSA) is 26.3 Å².